The summed E-state index contributed by atoms with van der Waals surface area (Å²) < 4.78 is 19.7. The van der Waals surface area contributed by atoms with E-state index in [-0.39, 0.29) is 17.6 Å². The normalized spacial score (nSPS) is 31.9. The highest BCUT2D eigenvalue weighted by Crippen LogP contribution is 2.34. The summed E-state index contributed by atoms with van der Waals surface area (Å²) in [6, 6.07) is 6.60. The molecule has 0 spiro atoms. The molecule has 0 radical (unpaired) electrons. The predicted octanol–water partition coefficient (Wildman–Crippen LogP) is 2.63. The van der Waals surface area contributed by atoms with Crippen molar-refractivity contribution in [3.05, 3.63) is 35.6 Å². The van der Waals surface area contributed by atoms with Gasteiger partial charge in [-0.05, 0) is 25.8 Å². The van der Waals surface area contributed by atoms with Gasteiger partial charge in [0.25, 0.3) is 0 Å². The Morgan fingerprint density at radius 3 is 2.91 bits per heavy atom. The molecule has 3 atom stereocenters. The van der Waals surface area contributed by atoms with Crippen LogP contribution < -0.4 is 5.73 Å². The van der Waals surface area contributed by atoms with Gasteiger partial charge in [0, 0.05) is 17.6 Å². The van der Waals surface area contributed by atoms with E-state index in [4.69, 9.17) is 10.5 Å². The second-order valence-corrected chi connectivity index (χ2v) is 6.97. The number of rotatable bonds is 2. The Balaban J connectivity index is 1.73. The highest BCUT2D eigenvalue weighted by atomic mass is 19.1. The van der Waals surface area contributed by atoms with E-state index in [1.165, 1.54) is 6.07 Å². The van der Waals surface area contributed by atoms with Crippen molar-refractivity contribution in [3.8, 4) is 0 Å². The number of halogens is 1. The molecule has 2 N–H and O–H groups in total. The minimum absolute atomic E-state index is 0.0966. The Labute approximate surface area is 136 Å². The second-order valence-electron chi connectivity index (χ2n) is 6.97. The molecule has 1 aromatic rings. The van der Waals surface area contributed by atoms with Crippen molar-refractivity contribution < 1.29 is 13.9 Å². The van der Waals surface area contributed by atoms with E-state index in [9.17, 15) is 9.18 Å². The van der Waals surface area contributed by atoms with Crippen LogP contribution in [0.25, 0.3) is 0 Å². The Hall–Kier alpha value is -1.46. The van der Waals surface area contributed by atoms with Crippen LogP contribution in [0.5, 0.6) is 0 Å². The third-order valence-corrected chi connectivity index (χ3v) is 5.18. The molecule has 3 rings (SSSR count). The molecule has 1 saturated heterocycles. The van der Waals surface area contributed by atoms with E-state index in [0.717, 1.165) is 25.7 Å². The summed E-state index contributed by atoms with van der Waals surface area (Å²) in [6.45, 7) is 3.35. The van der Waals surface area contributed by atoms with Crippen LogP contribution in [0.4, 0.5) is 4.39 Å². The number of nitrogens with zero attached hydrogens (tertiary/aromatic N) is 1. The first-order valence-electron chi connectivity index (χ1n) is 8.43. The van der Waals surface area contributed by atoms with Gasteiger partial charge in [-0.3, -0.25) is 4.79 Å². The maximum atomic E-state index is 14.0. The van der Waals surface area contributed by atoms with E-state index < -0.39 is 11.6 Å². The fourth-order valence-corrected chi connectivity index (χ4v) is 3.76. The van der Waals surface area contributed by atoms with Crippen molar-refractivity contribution in [2.45, 2.75) is 44.2 Å². The third-order valence-electron chi connectivity index (χ3n) is 5.18. The van der Waals surface area contributed by atoms with Gasteiger partial charge >= 0.3 is 0 Å². The molecule has 0 aromatic heterocycles. The van der Waals surface area contributed by atoms with Crippen LogP contribution in [0.15, 0.2) is 24.3 Å². The van der Waals surface area contributed by atoms with Gasteiger partial charge in [0.05, 0.1) is 19.1 Å². The van der Waals surface area contributed by atoms with Crippen LogP contribution in [0.1, 0.15) is 44.3 Å². The van der Waals surface area contributed by atoms with E-state index in [1.807, 2.05) is 11.8 Å². The summed E-state index contributed by atoms with van der Waals surface area (Å²) in [7, 11) is 0. The average molecular weight is 320 g/mol. The molecule has 1 aliphatic carbocycles. The van der Waals surface area contributed by atoms with Gasteiger partial charge in [-0.25, -0.2) is 4.39 Å². The van der Waals surface area contributed by atoms with Crippen LogP contribution in [0.3, 0.4) is 0 Å². The van der Waals surface area contributed by atoms with Crippen LogP contribution in [0, 0.1) is 11.7 Å². The van der Waals surface area contributed by atoms with Crippen LogP contribution >= 0.6 is 0 Å². The molecule has 1 heterocycles. The fourth-order valence-electron chi connectivity index (χ4n) is 3.76. The van der Waals surface area contributed by atoms with E-state index >= 15 is 0 Å². The number of benzene rings is 1. The van der Waals surface area contributed by atoms with Crippen LogP contribution in [0.2, 0.25) is 0 Å². The Morgan fingerprint density at radius 1 is 1.39 bits per heavy atom. The molecule has 4 nitrogen and oxygen atoms in total. The Bertz CT molecular complexity index is 576. The van der Waals surface area contributed by atoms with E-state index in [2.05, 4.69) is 0 Å². The first-order valence-corrected chi connectivity index (χ1v) is 8.43. The minimum Gasteiger partial charge on any atom is -0.370 e. The van der Waals surface area contributed by atoms with Gasteiger partial charge in [0.15, 0.2) is 0 Å². The Morgan fingerprint density at radius 2 is 2.17 bits per heavy atom. The zero-order chi connectivity index (χ0) is 16.4. The molecule has 3 unspecified atom stereocenters. The zero-order valence-corrected chi connectivity index (χ0v) is 13.6. The molecule has 2 fully saturated rings. The van der Waals surface area contributed by atoms with Gasteiger partial charge < -0.3 is 15.4 Å². The standard InChI is InChI=1S/C18H25FN2O2/c1-18(20)9-5-4-7-14(18)17(22)21-10-11-23-16(12-21)13-6-2-3-8-15(13)19/h2-3,6,8,14,16H,4-5,7,9-12,20H2,1H3. The number of hydrogen-bond acceptors (Lipinski definition) is 3. The summed E-state index contributed by atoms with van der Waals surface area (Å²) in [6.07, 6.45) is 3.45. The molecular weight excluding hydrogens is 295 g/mol. The van der Waals surface area contributed by atoms with Crippen molar-refractivity contribution in [1.29, 1.82) is 0 Å². The van der Waals surface area contributed by atoms with Gasteiger partial charge in [0.1, 0.15) is 11.9 Å². The highest BCUT2D eigenvalue weighted by Gasteiger charge is 2.41. The monoisotopic (exact) mass is 320 g/mol. The van der Waals surface area contributed by atoms with Crippen molar-refractivity contribution >= 4 is 5.91 Å². The molecule has 2 aliphatic rings. The first kappa shape index (κ1) is 16.4. The smallest absolute Gasteiger partial charge is 0.227 e. The molecule has 1 amide bonds. The molecular formula is C18H25FN2O2. The van der Waals surface area contributed by atoms with Crippen LogP contribution in [-0.2, 0) is 9.53 Å². The summed E-state index contributed by atoms with van der Waals surface area (Å²) >= 11 is 0. The second kappa shape index (κ2) is 6.57. The molecule has 1 aromatic carbocycles. The van der Waals surface area contributed by atoms with Crippen LogP contribution in [-0.4, -0.2) is 36.0 Å². The average Bonchev–Trinajstić information content (AvgIpc) is 2.54. The Kier molecular flexibility index (Phi) is 4.69. The first-order chi connectivity index (χ1) is 11.0. The number of hydrogen-bond donors (Lipinski definition) is 1. The lowest BCUT2D eigenvalue weighted by atomic mass is 9.74. The molecule has 126 valence electrons. The molecule has 1 saturated carbocycles. The van der Waals surface area contributed by atoms with Gasteiger partial charge in [-0.1, -0.05) is 31.0 Å². The highest BCUT2D eigenvalue weighted by molar-refractivity contribution is 5.80. The summed E-state index contributed by atoms with van der Waals surface area (Å²) in [4.78, 5) is 14.7. The van der Waals surface area contributed by atoms with Gasteiger partial charge in [0.2, 0.25) is 5.91 Å². The lowest BCUT2D eigenvalue weighted by Crippen LogP contribution is -2.55. The quantitative estimate of drug-likeness (QED) is 0.911. The largest absolute Gasteiger partial charge is 0.370 e. The maximum Gasteiger partial charge on any atom is 0.227 e. The molecule has 23 heavy (non-hydrogen) atoms. The number of ether oxygens (including phenoxy) is 1. The zero-order valence-electron chi connectivity index (χ0n) is 13.6. The van der Waals surface area contributed by atoms with Gasteiger partial charge in [-0.15, -0.1) is 0 Å². The summed E-state index contributed by atoms with van der Waals surface area (Å²) in [5.41, 5.74) is 6.44. The van der Waals surface area contributed by atoms with E-state index in [1.54, 1.807) is 18.2 Å². The summed E-state index contributed by atoms with van der Waals surface area (Å²) in [5.74, 6) is -0.330. The van der Waals surface area contributed by atoms with E-state index in [0.29, 0.717) is 25.3 Å². The number of carbonyl (C=O) groups is 1. The van der Waals surface area contributed by atoms with Crippen molar-refractivity contribution in [2.75, 3.05) is 19.7 Å². The van der Waals surface area contributed by atoms with Crippen molar-refractivity contribution in [1.82, 2.24) is 4.90 Å². The molecule has 0 bridgehead atoms. The SMILES string of the molecule is CC1(N)CCCCC1C(=O)N1CCOC(c2ccccc2F)C1. The topological polar surface area (TPSA) is 55.6 Å². The molecule has 5 heteroatoms. The number of amides is 1. The number of morpholine rings is 1. The minimum atomic E-state index is -0.443. The fraction of sp³-hybridized carbons (Fsp3) is 0.611. The number of carbonyl (C=O) groups excluding carboxylic acids is 1. The molecule has 1 aliphatic heterocycles. The van der Waals surface area contributed by atoms with Crippen molar-refractivity contribution in [2.24, 2.45) is 11.7 Å². The maximum absolute atomic E-state index is 14.0. The summed E-state index contributed by atoms with van der Waals surface area (Å²) in [5, 5.41) is 0. The number of nitrogens with two attached hydrogens (primary N) is 1. The predicted molar refractivity (Wildman–Crippen MR) is 86.2 cm³/mol. The van der Waals surface area contributed by atoms with Gasteiger partial charge in [-0.2, -0.15) is 0 Å². The third kappa shape index (κ3) is 3.40. The van der Waals surface area contributed by atoms with Crippen molar-refractivity contribution in [3.63, 3.8) is 0 Å². The lowest BCUT2D eigenvalue weighted by Gasteiger charge is -2.42. The lowest BCUT2D eigenvalue weighted by molar-refractivity contribution is -0.146.